The van der Waals surface area contributed by atoms with Gasteiger partial charge in [0.05, 0.1) is 5.16 Å². The average Bonchev–Trinajstić information content (AvgIpc) is 2.75. The third kappa shape index (κ3) is 2.98. The van der Waals surface area contributed by atoms with Crippen molar-refractivity contribution in [1.82, 2.24) is 5.16 Å². The Balaban J connectivity index is 1.98. The largest absolute Gasteiger partial charge is 0.389 e. The highest BCUT2D eigenvalue weighted by Gasteiger charge is 2.17. The molecule has 0 saturated heterocycles. The topological polar surface area (TPSA) is 114 Å². The normalized spacial score (nSPS) is 11.5. The number of benzene rings is 1. The van der Waals surface area contributed by atoms with Crippen LogP contribution < -0.4 is 16.6 Å². The van der Waals surface area contributed by atoms with Gasteiger partial charge in [-0.3, -0.25) is 0 Å². The van der Waals surface area contributed by atoms with Crippen molar-refractivity contribution in [2.45, 2.75) is 6.61 Å². The van der Waals surface area contributed by atoms with Crippen LogP contribution >= 0.6 is 15.9 Å². The molecule has 0 radical (unpaired) electrons. The third-order valence-electron chi connectivity index (χ3n) is 2.07. The molecule has 7 nitrogen and oxygen atoms in total. The summed E-state index contributed by atoms with van der Waals surface area (Å²) < 4.78 is 5.49. The monoisotopic (exact) mass is 312 g/mol. The lowest BCUT2D eigenvalue weighted by Gasteiger charge is -2.00. The van der Waals surface area contributed by atoms with Crippen molar-refractivity contribution in [3.8, 4) is 0 Å². The molecule has 94 valence electrons. The van der Waals surface area contributed by atoms with Gasteiger partial charge in [-0.25, -0.2) is 0 Å². The summed E-state index contributed by atoms with van der Waals surface area (Å²) in [6.07, 6.45) is 0. The molecule has 0 atom stereocenters. The van der Waals surface area contributed by atoms with Crippen LogP contribution in [0, 0.1) is 0 Å². The molecule has 1 aromatic heterocycles. The molecule has 18 heavy (non-hydrogen) atoms. The number of anilines is 1. The van der Waals surface area contributed by atoms with Crippen LogP contribution in [-0.2, 0) is 11.4 Å². The first-order chi connectivity index (χ1) is 8.66. The smallest absolute Gasteiger partial charge is 0.303 e. The molecule has 1 aromatic carbocycles. The number of nitrogens with zero attached hydrogens (tertiary/aromatic N) is 2. The molecule has 0 aliphatic rings. The number of nitrogens with two attached hydrogens (primary N) is 2. The number of hydrogen-bond donors (Lipinski definition) is 2. The Labute approximate surface area is 111 Å². The van der Waals surface area contributed by atoms with E-state index in [2.05, 4.69) is 36.0 Å². The van der Waals surface area contributed by atoms with Crippen LogP contribution in [0.2, 0.25) is 0 Å². The van der Waals surface area contributed by atoms with Gasteiger partial charge in [0.25, 0.3) is 0 Å². The first-order valence-electron chi connectivity index (χ1n) is 5.00. The second kappa shape index (κ2) is 5.50. The highest BCUT2D eigenvalue weighted by Crippen LogP contribution is 2.12. The minimum atomic E-state index is 0.0486. The van der Waals surface area contributed by atoms with Gasteiger partial charge in [0.1, 0.15) is 6.61 Å². The number of rotatable bonds is 4. The second-order valence-corrected chi connectivity index (χ2v) is 4.34. The summed E-state index contributed by atoms with van der Waals surface area (Å²) in [7, 11) is 0. The van der Waals surface area contributed by atoms with Crippen molar-refractivity contribution in [2.24, 2.45) is 10.9 Å². The molecular formula is C10H11BrN5O2+. The van der Waals surface area contributed by atoms with Gasteiger partial charge in [0.15, 0.2) is 0 Å². The molecular weight excluding hydrogens is 302 g/mol. The SMILES string of the molecule is NC(=NOCc1cccc(Br)c1)c1no[nH+]c1N. The first kappa shape index (κ1) is 12.4. The maximum Gasteiger partial charge on any atom is 0.303 e. The lowest BCUT2D eigenvalue weighted by Crippen LogP contribution is -2.18. The fourth-order valence-corrected chi connectivity index (χ4v) is 1.69. The van der Waals surface area contributed by atoms with Gasteiger partial charge >= 0.3 is 11.5 Å². The predicted molar refractivity (Wildman–Crippen MR) is 67.1 cm³/mol. The van der Waals surface area contributed by atoms with Crippen molar-refractivity contribution < 1.29 is 14.6 Å². The van der Waals surface area contributed by atoms with E-state index in [1.165, 1.54) is 0 Å². The van der Waals surface area contributed by atoms with Crippen molar-refractivity contribution in [2.75, 3.05) is 5.73 Å². The van der Waals surface area contributed by atoms with E-state index in [-0.39, 0.29) is 17.3 Å². The maximum atomic E-state index is 5.63. The molecule has 0 saturated carbocycles. The summed E-state index contributed by atoms with van der Waals surface area (Å²) in [5, 5.41) is 9.60. The number of hydrogen-bond acceptors (Lipinski definition) is 5. The van der Waals surface area contributed by atoms with Crippen LogP contribution in [0.3, 0.4) is 0 Å². The number of amidine groups is 1. The molecule has 0 bridgehead atoms. The van der Waals surface area contributed by atoms with E-state index in [1.807, 2.05) is 24.3 Å². The zero-order valence-electron chi connectivity index (χ0n) is 9.26. The summed E-state index contributed by atoms with van der Waals surface area (Å²) in [6, 6.07) is 7.66. The van der Waals surface area contributed by atoms with E-state index in [0.29, 0.717) is 6.61 Å². The minimum absolute atomic E-state index is 0.0486. The number of aromatic nitrogens is 2. The summed E-state index contributed by atoms with van der Waals surface area (Å²) in [5.74, 6) is 0.245. The van der Waals surface area contributed by atoms with E-state index >= 15 is 0 Å². The van der Waals surface area contributed by atoms with Crippen LogP contribution in [0.25, 0.3) is 0 Å². The number of nitrogen functional groups attached to an aromatic ring is 1. The van der Waals surface area contributed by atoms with Crippen LogP contribution in [0.5, 0.6) is 0 Å². The summed E-state index contributed by atoms with van der Waals surface area (Å²) in [4.78, 5) is 5.11. The Morgan fingerprint density at radius 3 is 3.06 bits per heavy atom. The zero-order valence-corrected chi connectivity index (χ0v) is 10.8. The predicted octanol–water partition coefficient (Wildman–Crippen LogP) is 0.670. The Hall–Kier alpha value is -2.09. The van der Waals surface area contributed by atoms with Gasteiger partial charge in [-0.1, -0.05) is 38.4 Å². The Morgan fingerprint density at radius 1 is 1.56 bits per heavy atom. The van der Waals surface area contributed by atoms with E-state index < -0.39 is 0 Å². The first-order valence-corrected chi connectivity index (χ1v) is 5.79. The fourth-order valence-electron chi connectivity index (χ4n) is 1.25. The molecule has 0 amide bonds. The molecule has 0 unspecified atom stereocenters. The van der Waals surface area contributed by atoms with Gasteiger partial charge in [-0.05, 0) is 17.7 Å². The number of nitrogens with one attached hydrogen (secondary N) is 1. The molecule has 1 heterocycles. The summed E-state index contributed by atoms with van der Waals surface area (Å²) >= 11 is 3.36. The quantitative estimate of drug-likeness (QED) is 0.489. The van der Waals surface area contributed by atoms with Gasteiger partial charge in [0.2, 0.25) is 5.84 Å². The molecule has 2 aromatic rings. The number of aromatic amines is 1. The highest BCUT2D eigenvalue weighted by atomic mass is 79.9. The lowest BCUT2D eigenvalue weighted by molar-refractivity contribution is -0.610. The van der Waals surface area contributed by atoms with Crippen LogP contribution in [0.1, 0.15) is 11.3 Å². The lowest BCUT2D eigenvalue weighted by atomic mass is 10.2. The number of halogens is 1. The fraction of sp³-hybridized carbons (Fsp3) is 0.100. The van der Waals surface area contributed by atoms with Crippen molar-refractivity contribution in [1.29, 1.82) is 0 Å². The van der Waals surface area contributed by atoms with Gasteiger partial charge < -0.3 is 16.3 Å². The zero-order chi connectivity index (χ0) is 13.0. The summed E-state index contributed by atoms with van der Waals surface area (Å²) in [6.45, 7) is 0.293. The van der Waals surface area contributed by atoms with Gasteiger partial charge in [0, 0.05) is 4.47 Å². The molecule has 2 rings (SSSR count). The van der Waals surface area contributed by atoms with E-state index in [9.17, 15) is 0 Å². The van der Waals surface area contributed by atoms with Crippen molar-refractivity contribution in [3.63, 3.8) is 0 Å². The van der Waals surface area contributed by atoms with Gasteiger partial charge in [-0.2, -0.15) is 0 Å². The van der Waals surface area contributed by atoms with Crippen LogP contribution in [0.4, 0.5) is 5.82 Å². The maximum absolute atomic E-state index is 5.63. The van der Waals surface area contributed by atoms with Crippen LogP contribution in [0.15, 0.2) is 38.5 Å². The van der Waals surface area contributed by atoms with E-state index in [4.69, 9.17) is 16.3 Å². The Kier molecular flexibility index (Phi) is 3.78. The summed E-state index contributed by atoms with van der Waals surface area (Å²) in [5.41, 5.74) is 12.3. The molecule has 0 fully saturated rings. The van der Waals surface area contributed by atoms with Gasteiger partial charge in [-0.15, -0.1) is 4.63 Å². The number of H-pyrrole nitrogens is 1. The van der Waals surface area contributed by atoms with Crippen LogP contribution in [-0.4, -0.2) is 11.0 Å². The Morgan fingerprint density at radius 2 is 2.39 bits per heavy atom. The molecule has 0 spiro atoms. The van der Waals surface area contributed by atoms with Crippen molar-refractivity contribution in [3.05, 3.63) is 40.0 Å². The van der Waals surface area contributed by atoms with E-state index in [0.717, 1.165) is 10.0 Å². The third-order valence-corrected chi connectivity index (χ3v) is 2.57. The molecule has 0 aliphatic carbocycles. The molecule has 8 heteroatoms. The second-order valence-electron chi connectivity index (χ2n) is 3.43. The standard InChI is InChI=1S/C10H10BrN5O2/c11-7-3-1-2-6(4-7)5-17-15-9(12)8-10(13)16-18-14-8/h1-4H,5H2,(H2,12,15)(H2,13,16)/p+1. The molecule has 5 N–H and O–H groups in total. The average molecular weight is 313 g/mol. The highest BCUT2D eigenvalue weighted by molar-refractivity contribution is 9.10. The van der Waals surface area contributed by atoms with E-state index in [1.54, 1.807) is 0 Å². The molecule has 0 aliphatic heterocycles. The van der Waals surface area contributed by atoms with Crippen molar-refractivity contribution >= 4 is 27.6 Å². The minimum Gasteiger partial charge on any atom is -0.389 e. The number of oxime groups is 1. The Bertz CT molecular complexity index is 569.